The SMILES string of the molecule is Cc1cc(S(=O)(=O)N2CC(C)C(N)C2)ccc1C#N.Cl. The van der Waals surface area contributed by atoms with Crippen LogP contribution >= 0.6 is 12.4 Å². The van der Waals surface area contributed by atoms with E-state index in [0.717, 1.165) is 0 Å². The molecule has 2 atom stereocenters. The first-order valence-corrected chi connectivity index (χ1v) is 7.56. The largest absolute Gasteiger partial charge is 0.326 e. The van der Waals surface area contributed by atoms with E-state index in [1.54, 1.807) is 19.1 Å². The predicted octanol–water partition coefficient (Wildman–Crippen LogP) is 1.26. The zero-order valence-corrected chi connectivity index (χ0v) is 13.0. The lowest BCUT2D eigenvalue weighted by atomic mass is 10.1. The smallest absolute Gasteiger partial charge is 0.243 e. The molecule has 0 amide bonds. The van der Waals surface area contributed by atoms with E-state index in [2.05, 4.69) is 0 Å². The Bertz CT molecular complexity index is 630. The van der Waals surface area contributed by atoms with Crippen LogP contribution < -0.4 is 5.73 Å². The second-order valence-corrected chi connectivity index (χ2v) is 6.99. The van der Waals surface area contributed by atoms with Gasteiger partial charge in [-0.05, 0) is 36.6 Å². The molecule has 0 aromatic heterocycles. The van der Waals surface area contributed by atoms with Crippen molar-refractivity contribution >= 4 is 22.4 Å². The van der Waals surface area contributed by atoms with Crippen LogP contribution in [0.3, 0.4) is 0 Å². The molecule has 1 aromatic carbocycles. The minimum atomic E-state index is -3.51. The number of nitriles is 1. The second kappa shape index (κ2) is 6.10. The van der Waals surface area contributed by atoms with Crippen molar-refractivity contribution in [2.75, 3.05) is 13.1 Å². The van der Waals surface area contributed by atoms with E-state index in [1.165, 1.54) is 10.4 Å². The molecule has 2 N–H and O–H groups in total. The highest BCUT2D eigenvalue weighted by molar-refractivity contribution is 7.89. The Kier molecular flexibility index (Phi) is 5.16. The molecule has 0 bridgehead atoms. The molecule has 1 aliphatic heterocycles. The minimum Gasteiger partial charge on any atom is -0.326 e. The number of nitrogens with zero attached hydrogens (tertiary/aromatic N) is 2. The van der Waals surface area contributed by atoms with Crippen molar-refractivity contribution in [2.45, 2.75) is 24.8 Å². The van der Waals surface area contributed by atoms with Crippen LogP contribution in [0, 0.1) is 24.2 Å². The topological polar surface area (TPSA) is 87.2 Å². The first kappa shape index (κ1) is 16.9. The van der Waals surface area contributed by atoms with Crippen molar-refractivity contribution in [3.05, 3.63) is 29.3 Å². The monoisotopic (exact) mass is 315 g/mol. The van der Waals surface area contributed by atoms with Crippen LogP contribution in [0.15, 0.2) is 23.1 Å². The van der Waals surface area contributed by atoms with Crippen molar-refractivity contribution in [1.82, 2.24) is 4.31 Å². The molecular formula is C13H18ClN3O2S. The fraction of sp³-hybridized carbons (Fsp3) is 0.462. The van der Waals surface area contributed by atoms with Crippen LogP contribution in [0.4, 0.5) is 0 Å². The Balaban J connectivity index is 0.00000200. The summed E-state index contributed by atoms with van der Waals surface area (Å²) in [4.78, 5) is 0.227. The van der Waals surface area contributed by atoms with Crippen LogP contribution in [0.25, 0.3) is 0 Å². The van der Waals surface area contributed by atoms with Crippen LogP contribution in [0.1, 0.15) is 18.1 Å². The van der Waals surface area contributed by atoms with Gasteiger partial charge in [0, 0.05) is 19.1 Å². The average molecular weight is 316 g/mol. The first-order valence-electron chi connectivity index (χ1n) is 6.12. The van der Waals surface area contributed by atoms with Gasteiger partial charge in [-0.25, -0.2) is 8.42 Å². The summed E-state index contributed by atoms with van der Waals surface area (Å²) >= 11 is 0. The third-order valence-corrected chi connectivity index (χ3v) is 5.42. The molecule has 1 heterocycles. The van der Waals surface area contributed by atoms with Crippen LogP contribution in [-0.4, -0.2) is 31.9 Å². The maximum atomic E-state index is 12.5. The summed E-state index contributed by atoms with van der Waals surface area (Å²) in [6, 6.07) is 6.48. The van der Waals surface area contributed by atoms with Crippen molar-refractivity contribution in [1.29, 1.82) is 5.26 Å². The average Bonchev–Trinajstić information content (AvgIpc) is 2.70. The number of benzene rings is 1. The Morgan fingerprint density at radius 1 is 1.40 bits per heavy atom. The zero-order valence-electron chi connectivity index (χ0n) is 11.4. The van der Waals surface area contributed by atoms with Gasteiger partial charge in [0.2, 0.25) is 10.0 Å². The summed E-state index contributed by atoms with van der Waals surface area (Å²) in [7, 11) is -3.51. The van der Waals surface area contributed by atoms with Crippen molar-refractivity contribution in [3.8, 4) is 6.07 Å². The van der Waals surface area contributed by atoms with Gasteiger partial charge in [0.25, 0.3) is 0 Å². The van der Waals surface area contributed by atoms with Gasteiger partial charge in [-0.15, -0.1) is 12.4 Å². The molecule has 1 saturated heterocycles. The lowest BCUT2D eigenvalue weighted by molar-refractivity contribution is 0.464. The number of sulfonamides is 1. The number of hydrogen-bond acceptors (Lipinski definition) is 4. The minimum absolute atomic E-state index is 0. The number of rotatable bonds is 2. The summed E-state index contributed by atoms with van der Waals surface area (Å²) in [5.74, 6) is 0.161. The Hall–Kier alpha value is -1.13. The molecule has 0 radical (unpaired) electrons. The van der Waals surface area contributed by atoms with Crippen LogP contribution in [-0.2, 0) is 10.0 Å². The zero-order chi connectivity index (χ0) is 14.2. The maximum Gasteiger partial charge on any atom is 0.243 e. The van der Waals surface area contributed by atoms with Crippen LogP contribution in [0.5, 0.6) is 0 Å². The van der Waals surface area contributed by atoms with E-state index in [9.17, 15) is 8.42 Å². The lowest BCUT2D eigenvalue weighted by Gasteiger charge is -2.16. The number of halogens is 1. The molecule has 110 valence electrons. The van der Waals surface area contributed by atoms with Crippen molar-refractivity contribution in [2.24, 2.45) is 11.7 Å². The van der Waals surface area contributed by atoms with Gasteiger partial charge in [0.05, 0.1) is 16.5 Å². The quantitative estimate of drug-likeness (QED) is 0.890. The molecule has 0 aliphatic carbocycles. The van der Waals surface area contributed by atoms with Crippen LogP contribution in [0.2, 0.25) is 0 Å². The van der Waals surface area contributed by atoms with Crippen molar-refractivity contribution < 1.29 is 8.42 Å². The van der Waals surface area contributed by atoms with E-state index < -0.39 is 10.0 Å². The predicted molar refractivity (Wildman–Crippen MR) is 79.0 cm³/mol. The van der Waals surface area contributed by atoms with E-state index in [1.807, 2.05) is 13.0 Å². The summed E-state index contributed by atoms with van der Waals surface area (Å²) < 4.78 is 26.3. The molecule has 1 fully saturated rings. The van der Waals surface area contributed by atoms with Gasteiger partial charge in [0.1, 0.15) is 0 Å². The Morgan fingerprint density at radius 2 is 2.05 bits per heavy atom. The van der Waals surface area contributed by atoms with Gasteiger partial charge >= 0.3 is 0 Å². The molecule has 20 heavy (non-hydrogen) atoms. The first-order chi connectivity index (χ1) is 8.86. The third-order valence-electron chi connectivity index (χ3n) is 3.59. The Morgan fingerprint density at radius 3 is 2.50 bits per heavy atom. The molecular weight excluding hydrogens is 298 g/mol. The molecule has 0 spiro atoms. The maximum absolute atomic E-state index is 12.5. The number of nitrogens with two attached hydrogens (primary N) is 1. The van der Waals surface area contributed by atoms with Gasteiger partial charge in [-0.1, -0.05) is 6.92 Å². The fourth-order valence-electron chi connectivity index (χ4n) is 2.21. The van der Waals surface area contributed by atoms with E-state index in [4.69, 9.17) is 11.0 Å². The third kappa shape index (κ3) is 2.96. The summed E-state index contributed by atoms with van der Waals surface area (Å²) in [6.45, 7) is 4.48. The highest BCUT2D eigenvalue weighted by Crippen LogP contribution is 2.24. The molecule has 5 nitrogen and oxygen atoms in total. The second-order valence-electron chi connectivity index (χ2n) is 5.05. The van der Waals surface area contributed by atoms with Gasteiger partial charge in [0.15, 0.2) is 0 Å². The highest BCUT2D eigenvalue weighted by atomic mass is 35.5. The van der Waals surface area contributed by atoms with Gasteiger partial charge in [-0.3, -0.25) is 0 Å². The van der Waals surface area contributed by atoms with E-state index in [0.29, 0.717) is 24.2 Å². The summed E-state index contributed by atoms with van der Waals surface area (Å²) in [5.41, 5.74) is 7.03. The molecule has 1 aromatic rings. The molecule has 2 unspecified atom stereocenters. The molecule has 0 saturated carbocycles. The molecule has 7 heteroatoms. The van der Waals surface area contributed by atoms with Crippen molar-refractivity contribution in [3.63, 3.8) is 0 Å². The highest BCUT2D eigenvalue weighted by Gasteiger charge is 2.35. The standard InChI is InChI=1S/C13H17N3O2S.ClH/c1-9-5-12(4-3-11(9)6-14)19(17,18)16-7-10(2)13(15)8-16;/h3-5,10,13H,7-8,15H2,1-2H3;1H. The van der Waals surface area contributed by atoms with E-state index >= 15 is 0 Å². The lowest BCUT2D eigenvalue weighted by Crippen LogP contribution is -2.32. The Labute approximate surface area is 125 Å². The van der Waals surface area contributed by atoms with E-state index in [-0.39, 0.29) is 29.3 Å². The summed E-state index contributed by atoms with van der Waals surface area (Å²) in [5, 5.41) is 8.87. The van der Waals surface area contributed by atoms with Gasteiger partial charge in [-0.2, -0.15) is 9.57 Å². The number of hydrogen-bond donors (Lipinski definition) is 1. The normalized spacial score (nSPS) is 23.1. The number of aryl methyl sites for hydroxylation is 1. The molecule has 1 aliphatic rings. The molecule has 2 rings (SSSR count). The summed E-state index contributed by atoms with van der Waals surface area (Å²) in [6.07, 6.45) is 0. The fourth-order valence-corrected chi connectivity index (χ4v) is 3.88. The van der Waals surface area contributed by atoms with Gasteiger partial charge < -0.3 is 5.73 Å².